The lowest BCUT2D eigenvalue weighted by atomic mass is 9.80. The van der Waals surface area contributed by atoms with Gasteiger partial charge in [0.05, 0.1) is 11.8 Å². The summed E-state index contributed by atoms with van der Waals surface area (Å²) in [6.07, 6.45) is 1.51. The van der Waals surface area contributed by atoms with E-state index in [-0.39, 0.29) is 30.5 Å². The maximum Gasteiger partial charge on any atom is 0.310 e. The number of amides is 1. The van der Waals surface area contributed by atoms with Crippen molar-refractivity contribution >= 4 is 23.5 Å². The van der Waals surface area contributed by atoms with Crippen LogP contribution in [0.1, 0.15) is 12.8 Å². The molecule has 0 unspecified atom stereocenters. The third-order valence-electron chi connectivity index (χ3n) is 6.22. The second kappa shape index (κ2) is 7.48. The standard InChI is InChI=1S/C23H21NO6/c25-19(24-14-6-8-16(9-7-14)29-15-4-2-1-3-5-15)12-28-22(26)20-13-10-17-18(11-13)30-23(27)21(17)20/h1-9,13,17-18,20-21H,10-12H2,(H,24,25)/t13-,17-,18-,20+,21+/m1/s1. The lowest BCUT2D eigenvalue weighted by molar-refractivity contribution is -0.157. The van der Waals surface area contributed by atoms with Crippen LogP contribution in [0.5, 0.6) is 11.5 Å². The average molecular weight is 407 g/mol. The molecule has 7 heteroatoms. The van der Waals surface area contributed by atoms with Gasteiger partial charge in [0.15, 0.2) is 6.61 Å². The van der Waals surface area contributed by atoms with Crippen LogP contribution < -0.4 is 10.1 Å². The summed E-state index contributed by atoms with van der Waals surface area (Å²) in [6.45, 7) is -0.389. The zero-order valence-electron chi connectivity index (χ0n) is 16.2. The predicted molar refractivity (Wildman–Crippen MR) is 106 cm³/mol. The summed E-state index contributed by atoms with van der Waals surface area (Å²) < 4.78 is 16.3. The van der Waals surface area contributed by atoms with E-state index in [1.807, 2.05) is 30.3 Å². The third-order valence-corrected chi connectivity index (χ3v) is 6.22. The van der Waals surface area contributed by atoms with Crippen LogP contribution in [0.15, 0.2) is 54.6 Å². The third kappa shape index (κ3) is 3.40. The van der Waals surface area contributed by atoms with Crippen LogP contribution in [-0.4, -0.2) is 30.6 Å². The van der Waals surface area contributed by atoms with E-state index in [1.54, 1.807) is 24.3 Å². The lowest BCUT2D eigenvalue weighted by Crippen LogP contribution is -2.34. The predicted octanol–water partition coefficient (Wildman–Crippen LogP) is 3.16. The molecular weight excluding hydrogens is 386 g/mol. The Kier molecular flexibility index (Phi) is 4.65. The number of hydrogen-bond donors (Lipinski definition) is 1. The van der Waals surface area contributed by atoms with Gasteiger partial charge in [0, 0.05) is 11.6 Å². The van der Waals surface area contributed by atoms with Crippen LogP contribution in [0.2, 0.25) is 0 Å². The maximum absolute atomic E-state index is 12.5. The van der Waals surface area contributed by atoms with Crippen molar-refractivity contribution in [3.05, 3.63) is 54.6 Å². The molecule has 1 amide bonds. The fourth-order valence-electron chi connectivity index (χ4n) is 4.99. The minimum atomic E-state index is -0.483. The van der Waals surface area contributed by atoms with Gasteiger partial charge in [-0.15, -0.1) is 0 Å². The number of fused-ring (bicyclic) bond motifs is 1. The minimum Gasteiger partial charge on any atom is -0.462 e. The summed E-state index contributed by atoms with van der Waals surface area (Å²) in [5.41, 5.74) is 0.568. The van der Waals surface area contributed by atoms with Crippen LogP contribution in [0.25, 0.3) is 0 Å². The Morgan fingerprint density at radius 3 is 2.50 bits per heavy atom. The highest BCUT2D eigenvalue weighted by Gasteiger charge is 2.64. The zero-order valence-corrected chi connectivity index (χ0v) is 16.2. The van der Waals surface area contributed by atoms with E-state index in [1.165, 1.54) is 0 Å². The molecule has 7 nitrogen and oxygen atoms in total. The lowest BCUT2D eigenvalue weighted by Gasteiger charge is -2.22. The van der Waals surface area contributed by atoms with Crippen LogP contribution in [0, 0.1) is 23.7 Å². The molecule has 1 aliphatic heterocycles. The summed E-state index contributed by atoms with van der Waals surface area (Å²) in [6, 6.07) is 16.3. The van der Waals surface area contributed by atoms with Crippen molar-refractivity contribution in [2.45, 2.75) is 18.9 Å². The number of hydrogen-bond acceptors (Lipinski definition) is 6. The summed E-state index contributed by atoms with van der Waals surface area (Å²) in [5.74, 6) is -0.488. The van der Waals surface area contributed by atoms with Crippen molar-refractivity contribution < 1.29 is 28.6 Å². The number of esters is 2. The number of carbonyl (C=O) groups excluding carboxylic acids is 3. The van der Waals surface area contributed by atoms with Crippen LogP contribution in [-0.2, 0) is 23.9 Å². The second-order valence-electron chi connectivity index (χ2n) is 8.02. The number of ether oxygens (including phenoxy) is 3. The van der Waals surface area contributed by atoms with Gasteiger partial charge in [-0.2, -0.15) is 0 Å². The number of para-hydroxylation sites is 1. The van der Waals surface area contributed by atoms with Gasteiger partial charge in [-0.05, 0) is 55.2 Å². The van der Waals surface area contributed by atoms with Gasteiger partial charge in [-0.3, -0.25) is 14.4 Å². The normalized spacial score (nSPS) is 28.1. The first-order chi connectivity index (χ1) is 14.6. The average Bonchev–Trinajstić information content (AvgIpc) is 3.37. The monoisotopic (exact) mass is 407 g/mol. The number of carbonyl (C=O) groups is 3. The van der Waals surface area contributed by atoms with Crippen LogP contribution in [0.4, 0.5) is 5.69 Å². The SMILES string of the molecule is O=C(COC(=O)[C@H]1[C@@H]2C[C@H]3[C@@H]1C(=O)O[C@@H]3C2)Nc1ccc(Oc2ccccc2)cc1. The molecule has 2 aromatic carbocycles. The Labute approximate surface area is 173 Å². The number of nitrogens with one attached hydrogen (secondary N) is 1. The van der Waals surface area contributed by atoms with E-state index in [0.717, 1.165) is 18.6 Å². The van der Waals surface area contributed by atoms with Gasteiger partial charge < -0.3 is 19.5 Å². The highest BCUT2D eigenvalue weighted by atomic mass is 16.6. The molecule has 2 saturated carbocycles. The van der Waals surface area contributed by atoms with Crippen LogP contribution in [0.3, 0.4) is 0 Å². The van der Waals surface area contributed by atoms with Crippen molar-refractivity contribution in [2.24, 2.45) is 23.7 Å². The first-order valence-electron chi connectivity index (χ1n) is 10.1. The van der Waals surface area contributed by atoms with Gasteiger partial charge in [0.2, 0.25) is 0 Å². The molecule has 3 fully saturated rings. The van der Waals surface area contributed by atoms with Gasteiger partial charge in [-0.25, -0.2) is 0 Å². The first kappa shape index (κ1) is 18.7. The molecule has 1 N–H and O–H groups in total. The van der Waals surface area contributed by atoms with Gasteiger partial charge in [-0.1, -0.05) is 18.2 Å². The topological polar surface area (TPSA) is 90.9 Å². The Hall–Kier alpha value is -3.35. The van der Waals surface area contributed by atoms with Crippen LogP contribution >= 0.6 is 0 Å². The molecule has 30 heavy (non-hydrogen) atoms. The number of anilines is 1. The minimum absolute atomic E-state index is 0.0336. The first-order valence-corrected chi connectivity index (χ1v) is 10.1. The molecule has 0 aromatic heterocycles. The maximum atomic E-state index is 12.5. The molecule has 0 spiro atoms. The molecule has 0 radical (unpaired) electrons. The van der Waals surface area contributed by atoms with Crippen molar-refractivity contribution in [3.63, 3.8) is 0 Å². The van der Waals surface area contributed by atoms with Gasteiger partial charge in [0.25, 0.3) is 5.91 Å². The molecule has 154 valence electrons. The molecule has 1 heterocycles. The summed E-state index contributed by atoms with van der Waals surface area (Å²) in [4.78, 5) is 36.7. The van der Waals surface area contributed by atoms with E-state index < -0.39 is 23.7 Å². The zero-order chi connectivity index (χ0) is 20.7. The molecule has 2 aromatic rings. The summed E-state index contributed by atoms with van der Waals surface area (Å²) in [7, 11) is 0. The Bertz CT molecular complexity index is 971. The van der Waals surface area contributed by atoms with Gasteiger partial charge >= 0.3 is 11.9 Å². The molecule has 3 aliphatic rings. The molecular formula is C23H21NO6. The second-order valence-corrected chi connectivity index (χ2v) is 8.02. The quantitative estimate of drug-likeness (QED) is 0.740. The fourth-order valence-corrected chi connectivity index (χ4v) is 4.99. The Balaban J connectivity index is 1.12. The van der Waals surface area contributed by atoms with E-state index in [9.17, 15) is 14.4 Å². The van der Waals surface area contributed by atoms with E-state index in [0.29, 0.717) is 11.4 Å². The van der Waals surface area contributed by atoms with Crippen molar-refractivity contribution in [2.75, 3.05) is 11.9 Å². The number of benzene rings is 2. The molecule has 5 rings (SSSR count). The highest BCUT2D eigenvalue weighted by molar-refractivity contribution is 5.93. The van der Waals surface area contributed by atoms with Gasteiger partial charge in [0.1, 0.15) is 17.6 Å². The summed E-state index contributed by atoms with van der Waals surface area (Å²) in [5, 5.41) is 2.69. The molecule has 2 aliphatic carbocycles. The molecule has 5 atom stereocenters. The molecule has 1 saturated heterocycles. The van der Waals surface area contributed by atoms with E-state index >= 15 is 0 Å². The van der Waals surface area contributed by atoms with Crippen molar-refractivity contribution in [1.82, 2.24) is 0 Å². The van der Waals surface area contributed by atoms with E-state index in [4.69, 9.17) is 14.2 Å². The highest BCUT2D eigenvalue weighted by Crippen LogP contribution is 2.57. The smallest absolute Gasteiger partial charge is 0.310 e. The summed E-state index contributed by atoms with van der Waals surface area (Å²) >= 11 is 0. The Morgan fingerprint density at radius 1 is 1.00 bits per heavy atom. The van der Waals surface area contributed by atoms with Crippen molar-refractivity contribution in [3.8, 4) is 11.5 Å². The fraction of sp³-hybridized carbons (Fsp3) is 0.348. The largest absolute Gasteiger partial charge is 0.462 e. The molecule has 2 bridgehead atoms. The Morgan fingerprint density at radius 2 is 1.73 bits per heavy atom. The van der Waals surface area contributed by atoms with E-state index in [2.05, 4.69) is 5.32 Å². The van der Waals surface area contributed by atoms with Crippen molar-refractivity contribution in [1.29, 1.82) is 0 Å². The number of rotatable bonds is 6.